The van der Waals surface area contributed by atoms with Gasteiger partial charge in [-0.2, -0.15) is 0 Å². The summed E-state index contributed by atoms with van der Waals surface area (Å²) in [5, 5.41) is 3.62. The topological polar surface area (TPSA) is 50.3 Å². The quantitative estimate of drug-likeness (QED) is 0.873. The van der Waals surface area contributed by atoms with Crippen molar-refractivity contribution in [2.75, 3.05) is 24.6 Å². The molecule has 0 spiro atoms. The summed E-state index contributed by atoms with van der Waals surface area (Å²) in [6.45, 7) is 11.2. The summed E-state index contributed by atoms with van der Waals surface area (Å²) in [4.78, 5) is 11.1. The number of piperidine rings is 1. The molecule has 5 nitrogen and oxygen atoms in total. The van der Waals surface area contributed by atoms with E-state index in [1.54, 1.807) is 6.33 Å². The molecule has 1 aromatic rings. The number of rotatable bonds is 6. The van der Waals surface area contributed by atoms with Crippen molar-refractivity contribution in [3.05, 3.63) is 11.9 Å². The fourth-order valence-corrected chi connectivity index (χ4v) is 2.86. The van der Waals surface area contributed by atoms with Crippen molar-refractivity contribution >= 4 is 5.82 Å². The van der Waals surface area contributed by atoms with Crippen LogP contribution in [0.2, 0.25) is 0 Å². The monoisotopic (exact) mass is 292 g/mol. The molecular weight excluding hydrogens is 264 g/mol. The molecule has 2 heterocycles. The number of ether oxygens (including phenoxy) is 1. The Hall–Kier alpha value is -1.36. The maximum absolute atomic E-state index is 5.60. The molecule has 1 saturated heterocycles. The van der Waals surface area contributed by atoms with E-state index in [-0.39, 0.29) is 0 Å². The van der Waals surface area contributed by atoms with E-state index in [0.29, 0.717) is 24.6 Å². The lowest BCUT2D eigenvalue weighted by atomic mass is 10.0. The first-order valence-corrected chi connectivity index (χ1v) is 8.07. The van der Waals surface area contributed by atoms with Gasteiger partial charge in [-0.1, -0.05) is 6.42 Å². The van der Waals surface area contributed by atoms with Gasteiger partial charge in [0.1, 0.15) is 12.1 Å². The number of anilines is 1. The van der Waals surface area contributed by atoms with Crippen molar-refractivity contribution in [3.63, 3.8) is 0 Å². The Balaban J connectivity index is 2.19. The highest BCUT2D eigenvalue weighted by Gasteiger charge is 2.22. The summed E-state index contributed by atoms with van der Waals surface area (Å²) in [7, 11) is 0. The number of hydrogen-bond donors (Lipinski definition) is 1. The second-order valence-corrected chi connectivity index (χ2v) is 5.95. The minimum Gasteiger partial charge on any atom is -0.478 e. The van der Waals surface area contributed by atoms with Crippen molar-refractivity contribution < 1.29 is 4.74 Å². The van der Waals surface area contributed by atoms with E-state index in [0.717, 1.165) is 24.5 Å². The Morgan fingerprint density at radius 1 is 1.38 bits per heavy atom. The van der Waals surface area contributed by atoms with Crippen molar-refractivity contribution in [1.29, 1.82) is 0 Å². The van der Waals surface area contributed by atoms with E-state index in [9.17, 15) is 0 Å². The van der Waals surface area contributed by atoms with Gasteiger partial charge in [0.2, 0.25) is 5.88 Å². The second kappa shape index (κ2) is 7.59. The van der Waals surface area contributed by atoms with Gasteiger partial charge in [0, 0.05) is 18.6 Å². The smallest absolute Gasteiger partial charge is 0.221 e. The van der Waals surface area contributed by atoms with Crippen LogP contribution in [-0.2, 0) is 0 Å². The Labute approximate surface area is 128 Å². The fourth-order valence-electron chi connectivity index (χ4n) is 2.86. The molecule has 0 saturated carbocycles. The van der Waals surface area contributed by atoms with Gasteiger partial charge in [0.05, 0.1) is 12.2 Å². The van der Waals surface area contributed by atoms with Crippen LogP contribution in [0.3, 0.4) is 0 Å². The SMILES string of the molecule is CCOc1ncnc(N(CC2CCCCN2)C(C)C)c1C. The molecule has 2 rings (SSSR count). The van der Waals surface area contributed by atoms with Crippen LogP contribution in [0.25, 0.3) is 0 Å². The molecule has 118 valence electrons. The highest BCUT2D eigenvalue weighted by molar-refractivity contribution is 5.51. The molecule has 1 N–H and O–H groups in total. The highest BCUT2D eigenvalue weighted by Crippen LogP contribution is 2.26. The molecule has 0 bridgehead atoms. The van der Waals surface area contributed by atoms with Gasteiger partial charge >= 0.3 is 0 Å². The Kier molecular flexibility index (Phi) is 5.79. The normalized spacial score (nSPS) is 18.8. The molecular formula is C16H28N4O. The summed E-state index contributed by atoms with van der Waals surface area (Å²) in [5.41, 5.74) is 1.03. The van der Waals surface area contributed by atoms with Gasteiger partial charge in [-0.05, 0) is 47.1 Å². The summed E-state index contributed by atoms with van der Waals surface area (Å²) in [6.07, 6.45) is 5.46. The van der Waals surface area contributed by atoms with Crippen molar-refractivity contribution in [3.8, 4) is 5.88 Å². The Morgan fingerprint density at radius 3 is 2.81 bits per heavy atom. The largest absolute Gasteiger partial charge is 0.478 e. The zero-order valence-corrected chi connectivity index (χ0v) is 13.7. The first-order valence-electron chi connectivity index (χ1n) is 8.07. The summed E-state index contributed by atoms with van der Waals surface area (Å²) < 4.78 is 5.60. The molecule has 0 aliphatic carbocycles. The van der Waals surface area contributed by atoms with E-state index in [1.807, 2.05) is 13.8 Å². The zero-order chi connectivity index (χ0) is 15.2. The van der Waals surface area contributed by atoms with Crippen molar-refractivity contribution in [1.82, 2.24) is 15.3 Å². The zero-order valence-electron chi connectivity index (χ0n) is 13.7. The lowest BCUT2D eigenvalue weighted by molar-refractivity contribution is 0.323. The maximum atomic E-state index is 5.60. The second-order valence-electron chi connectivity index (χ2n) is 5.95. The molecule has 1 aromatic heterocycles. The van der Waals surface area contributed by atoms with Crippen LogP contribution < -0.4 is 15.0 Å². The average Bonchev–Trinajstić information content (AvgIpc) is 2.48. The minimum absolute atomic E-state index is 0.400. The predicted molar refractivity (Wildman–Crippen MR) is 86.1 cm³/mol. The van der Waals surface area contributed by atoms with E-state index >= 15 is 0 Å². The highest BCUT2D eigenvalue weighted by atomic mass is 16.5. The number of aromatic nitrogens is 2. The van der Waals surface area contributed by atoms with Gasteiger partial charge in [0.25, 0.3) is 0 Å². The lowest BCUT2D eigenvalue weighted by Gasteiger charge is -2.34. The predicted octanol–water partition coefficient (Wildman–Crippen LogP) is 2.54. The van der Waals surface area contributed by atoms with Crippen LogP contribution in [0.15, 0.2) is 6.33 Å². The third-order valence-corrected chi connectivity index (χ3v) is 4.02. The van der Waals surface area contributed by atoms with E-state index in [2.05, 4.69) is 34.0 Å². The van der Waals surface area contributed by atoms with Gasteiger partial charge in [0.15, 0.2) is 0 Å². The number of hydrogen-bond acceptors (Lipinski definition) is 5. The summed E-state index contributed by atoms with van der Waals surface area (Å²) in [6, 6.07) is 0.947. The van der Waals surface area contributed by atoms with Crippen molar-refractivity contribution in [2.45, 2.75) is 59.0 Å². The fraction of sp³-hybridized carbons (Fsp3) is 0.750. The molecule has 1 fully saturated rings. The van der Waals surface area contributed by atoms with E-state index in [1.165, 1.54) is 19.3 Å². The molecule has 1 unspecified atom stereocenters. The van der Waals surface area contributed by atoms with Crippen LogP contribution >= 0.6 is 0 Å². The third kappa shape index (κ3) is 4.06. The first-order chi connectivity index (χ1) is 10.1. The molecule has 5 heteroatoms. The van der Waals surface area contributed by atoms with E-state index < -0.39 is 0 Å². The average molecular weight is 292 g/mol. The number of nitrogens with one attached hydrogen (secondary N) is 1. The van der Waals surface area contributed by atoms with Gasteiger partial charge in [-0.15, -0.1) is 0 Å². The molecule has 21 heavy (non-hydrogen) atoms. The molecule has 1 aliphatic rings. The first kappa shape index (κ1) is 16.0. The van der Waals surface area contributed by atoms with Crippen LogP contribution in [0.1, 0.15) is 45.6 Å². The van der Waals surface area contributed by atoms with Crippen LogP contribution in [0.5, 0.6) is 5.88 Å². The Morgan fingerprint density at radius 2 is 2.19 bits per heavy atom. The van der Waals surface area contributed by atoms with Gasteiger partial charge in [-0.3, -0.25) is 0 Å². The molecule has 1 aliphatic heterocycles. The van der Waals surface area contributed by atoms with Gasteiger partial charge < -0.3 is 15.0 Å². The third-order valence-electron chi connectivity index (χ3n) is 4.02. The maximum Gasteiger partial charge on any atom is 0.221 e. The van der Waals surface area contributed by atoms with Crippen LogP contribution in [0.4, 0.5) is 5.82 Å². The van der Waals surface area contributed by atoms with E-state index in [4.69, 9.17) is 4.74 Å². The minimum atomic E-state index is 0.400. The Bertz CT molecular complexity index is 444. The van der Waals surface area contributed by atoms with Crippen LogP contribution in [0, 0.1) is 6.92 Å². The number of nitrogens with zero attached hydrogens (tertiary/aromatic N) is 3. The molecule has 1 atom stereocenters. The summed E-state index contributed by atoms with van der Waals surface area (Å²) >= 11 is 0. The summed E-state index contributed by atoms with van der Waals surface area (Å²) in [5.74, 6) is 1.69. The molecule has 0 radical (unpaired) electrons. The standard InChI is InChI=1S/C16H28N4O/c1-5-21-16-13(4)15(18-11-19-16)20(12(2)3)10-14-8-6-7-9-17-14/h11-12,14,17H,5-10H2,1-4H3. The molecule has 0 aromatic carbocycles. The van der Waals surface area contributed by atoms with Crippen molar-refractivity contribution in [2.24, 2.45) is 0 Å². The van der Waals surface area contributed by atoms with Crippen LogP contribution in [-0.4, -0.2) is 41.7 Å². The lowest BCUT2D eigenvalue weighted by Crippen LogP contribution is -2.46. The van der Waals surface area contributed by atoms with Gasteiger partial charge in [-0.25, -0.2) is 9.97 Å². The molecule has 0 amide bonds.